The lowest BCUT2D eigenvalue weighted by Crippen LogP contribution is -2.36. The first kappa shape index (κ1) is 15.2. The summed E-state index contributed by atoms with van der Waals surface area (Å²) in [6.07, 6.45) is 1.84. The molecule has 0 saturated heterocycles. The number of carbonyl (C=O) groups excluding carboxylic acids is 2. The van der Waals surface area contributed by atoms with E-state index in [0.717, 1.165) is 5.56 Å². The third-order valence-electron chi connectivity index (χ3n) is 4.16. The van der Waals surface area contributed by atoms with Crippen molar-refractivity contribution in [3.8, 4) is 6.07 Å². The van der Waals surface area contributed by atoms with E-state index in [4.69, 9.17) is 5.26 Å². The number of carbonyl (C=O) groups is 2. The Kier molecular flexibility index (Phi) is 4.74. The summed E-state index contributed by atoms with van der Waals surface area (Å²) < 4.78 is 0. The molecule has 1 amide bonds. The minimum Gasteiger partial charge on any atom is -0.341 e. The molecule has 0 radical (unpaired) electrons. The summed E-state index contributed by atoms with van der Waals surface area (Å²) in [7, 11) is 1.79. The third-order valence-corrected chi connectivity index (χ3v) is 4.16. The lowest BCUT2D eigenvalue weighted by molar-refractivity contribution is -0.138. The van der Waals surface area contributed by atoms with Crippen LogP contribution < -0.4 is 0 Å². The van der Waals surface area contributed by atoms with Crippen LogP contribution in [0.4, 0.5) is 0 Å². The summed E-state index contributed by atoms with van der Waals surface area (Å²) in [5.41, 5.74) is 1.62. The topological polar surface area (TPSA) is 61.2 Å². The van der Waals surface area contributed by atoms with Gasteiger partial charge in [0.25, 0.3) is 0 Å². The molecule has 1 fully saturated rings. The van der Waals surface area contributed by atoms with Crippen molar-refractivity contribution in [3.63, 3.8) is 0 Å². The number of Topliss-reactive ketones (excluding diaryl/α,β-unsaturated/α-hetero) is 1. The molecule has 0 spiro atoms. The molecule has 110 valence electrons. The zero-order valence-electron chi connectivity index (χ0n) is 12.5. The second-order valence-electron chi connectivity index (χ2n) is 5.84. The van der Waals surface area contributed by atoms with E-state index >= 15 is 0 Å². The van der Waals surface area contributed by atoms with Gasteiger partial charge in [-0.2, -0.15) is 5.26 Å². The van der Waals surface area contributed by atoms with Crippen molar-refractivity contribution in [2.75, 3.05) is 7.05 Å². The fraction of sp³-hybridized carbons (Fsp3) is 0.471. The van der Waals surface area contributed by atoms with Gasteiger partial charge in [-0.3, -0.25) is 9.59 Å². The summed E-state index contributed by atoms with van der Waals surface area (Å²) >= 11 is 0. The molecule has 0 unspecified atom stereocenters. The van der Waals surface area contributed by atoms with Crippen molar-refractivity contribution < 1.29 is 9.59 Å². The Morgan fingerprint density at radius 2 is 2.05 bits per heavy atom. The van der Waals surface area contributed by atoms with E-state index in [1.54, 1.807) is 24.1 Å². The maximum atomic E-state index is 12.4. The molecule has 2 rings (SSSR count). The van der Waals surface area contributed by atoms with Gasteiger partial charge >= 0.3 is 0 Å². The number of hydrogen-bond acceptors (Lipinski definition) is 3. The lowest BCUT2D eigenvalue weighted by Gasteiger charge is -2.29. The van der Waals surface area contributed by atoms with Crippen LogP contribution in [0.15, 0.2) is 24.3 Å². The number of nitrogens with zero attached hydrogens (tertiary/aromatic N) is 2. The molecule has 1 aliphatic rings. The molecule has 4 nitrogen and oxygen atoms in total. The Morgan fingerprint density at radius 3 is 2.62 bits per heavy atom. The Balaban J connectivity index is 1.96. The molecule has 0 aromatic heterocycles. The van der Waals surface area contributed by atoms with Crippen LogP contribution >= 0.6 is 0 Å². The lowest BCUT2D eigenvalue weighted by atomic mass is 9.81. The molecule has 1 aromatic rings. The van der Waals surface area contributed by atoms with E-state index in [2.05, 4.69) is 6.07 Å². The maximum Gasteiger partial charge on any atom is 0.225 e. The van der Waals surface area contributed by atoms with Crippen LogP contribution in [0.25, 0.3) is 0 Å². The number of nitriles is 1. The van der Waals surface area contributed by atoms with E-state index in [1.807, 2.05) is 19.1 Å². The number of ketones is 1. The second-order valence-corrected chi connectivity index (χ2v) is 5.84. The highest BCUT2D eigenvalue weighted by Gasteiger charge is 2.31. The minimum absolute atomic E-state index is 0.00369. The molecule has 2 atom stereocenters. The van der Waals surface area contributed by atoms with Gasteiger partial charge in [-0.15, -0.1) is 0 Å². The van der Waals surface area contributed by atoms with Gasteiger partial charge in [0.2, 0.25) is 5.91 Å². The molecule has 1 aromatic carbocycles. The monoisotopic (exact) mass is 284 g/mol. The minimum atomic E-state index is -0.0407. The zero-order chi connectivity index (χ0) is 15.4. The smallest absolute Gasteiger partial charge is 0.225 e. The quantitative estimate of drug-likeness (QED) is 0.857. The van der Waals surface area contributed by atoms with Crippen molar-refractivity contribution >= 4 is 11.7 Å². The molecule has 1 aliphatic carbocycles. The molecule has 0 N–H and O–H groups in total. The van der Waals surface area contributed by atoms with Gasteiger partial charge in [-0.1, -0.05) is 19.1 Å². The highest BCUT2D eigenvalue weighted by atomic mass is 16.2. The fourth-order valence-corrected chi connectivity index (χ4v) is 2.81. The predicted molar refractivity (Wildman–Crippen MR) is 79.1 cm³/mol. The van der Waals surface area contributed by atoms with Gasteiger partial charge in [0.05, 0.1) is 11.6 Å². The summed E-state index contributed by atoms with van der Waals surface area (Å²) in [5, 5.41) is 8.77. The van der Waals surface area contributed by atoms with Crippen molar-refractivity contribution in [2.24, 2.45) is 11.8 Å². The van der Waals surface area contributed by atoms with Crippen molar-refractivity contribution in [3.05, 3.63) is 35.4 Å². The third kappa shape index (κ3) is 3.69. The van der Waals surface area contributed by atoms with Gasteiger partial charge in [-0.05, 0) is 30.5 Å². The number of amides is 1. The number of benzene rings is 1. The average Bonchev–Trinajstić information content (AvgIpc) is 2.50. The predicted octanol–water partition coefficient (Wildman–Crippen LogP) is 2.52. The summed E-state index contributed by atoms with van der Waals surface area (Å²) in [4.78, 5) is 25.7. The Morgan fingerprint density at radius 1 is 1.38 bits per heavy atom. The van der Waals surface area contributed by atoms with Crippen LogP contribution in [0.3, 0.4) is 0 Å². The fourth-order valence-electron chi connectivity index (χ4n) is 2.81. The van der Waals surface area contributed by atoms with Gasteiger partial charge in [-0.25, -0.2) is 0 Å². The molecule has 21 heavy (non-hydrogen) atoms. The average molecular weight is 284 g/mol. The second kappa shape index (κ2) is 6.53. The first-order valence-corrected chi connectivity index (χ1v) is 7.28. The first-order valence-electron chi connectivity index (χ1n) is 7.28. The van der Waals surface area contributed by atoms with Crippen molar-refractivity contribution in [1.82, 2.24) is 4.90 Å². The Hall–Kier alpha value is -2.15. The Labute approximate surface area is 125 Å². The number of hydrogen-bond donors (Lipinski definition) is 0. The summed E-state index contributed by atoms with van der Waals surface area (Å²) in [6.45, 7) is 2.44. The normalized spacial score (nSPS) is 21.7. The first-order chi connectivity index (χ1) is 10.0. The zero-order valence-corrected chi connectivity index (χ0v) is 12.5. The van der Waals surface area contributed by atoms with E-state index in [-0.39, 0.29) is 23.5 Å². The Bertz CT molecular complexity index is 571. The van der Waals surface area contributed by atoms with Crippen LogP contribution in [0, 0.1) is 23.2 Å². The molecule has 0 heterocycles. The van der Waals surface area contributed by atoms with Crippen LogP contribution in [0.1, 0.15) is 37.3 Å². The van der Waals surface area contributed by atoms with Gasteiger partial charge in [0.1, 0.15) is 5.78 Å². The van der Waals surface area contributed by atoms with Crippen LogP contribution in [-0.4, -0.2) is 23.6 Å². The van der Waals surface area contributed by atoms with Crippen molar-refractivity contribution in [1.29, 1.82) is 5.26 Å². The van der Waals surface area contributed by atoms with Gasteiger partial charge in [0, 0.05) is 31.8 Å². The van der Waals surface area contributed by atoms with E-state index in [1.165, 1.54) is 0 Å². The highest BCUT2D eigenvalue weighted by molar-refractivity contribution is 5.85. The van der Waals surface area contributed by atoms with Crippen LogP contribution in [0.2, 0.25) is 0 Å². The maximum absolute atomic E-state index is 12.4. The SMILES string of the molecule is C[C@@H]1C[C@H](C(=O)N(C)Cc2ccc(C#N)cc2)CCC1=O. The number of rotatable bonds is 3. The summed E-state index contributed by atoms with van der Waals surface area (Å²) in [5.74, 6) is 0.338. The van der Waals surface area contributed by atoms with E-state index < -0.39 is 0 Å². The largest absolute Gasteiger partial charge is 0.341 e. The van der Waals surface area contributed by atoms with E-state index in [0.29, 0.717) is 31.4 Å². The molecule has 4 heteroatoms. The molecular formula is C17H20N2O2. The van der Waals surface area contributed by atoms with Crippen LogP contribution in [0.5, 0.6) is 0 Å². The standard InChI is InChI=1S/C17H20N2O2/c1-12-9-15(7-8-16(12)20)17(21)19(2)11-14-5-3-13(10-18)4-6-14/h3-6,12,15H,7-9,11H2,1-2H3/t12-,15-/m1/s1. The highest BCUT2D eigenvalue weighted by Crippen LogP contribution is 2.27. The molecular weight excluding hydrogens is 264 g/mol. The molecule has 0 aliphatic heterocycles. The van der Waals surface area contributed by atoms with Crippen molar-refractivity contribution in [2.45, 2.75) is 32.7 Å². The molecule has 1 saturated carbocycles. The van der Waals surface area contributed by atoms with E-state index in [9.17, 15) is 9.59 Å². The summed E-state index contributed by atoms with van der Waals surface area (Å²) in [6, 6.07) is 9.34. The van der Waals surface area contributed by atoms with Crippen LogP contribution in [-0.2, 0) is 16.1 Å². The van der Waals surface area contributed by atoms with Gasteiger partial charge < -0.3 is 4.90 Å². The van der Waals surface area contributed by atoms with Gasteiger partial charge in [0.15, 0.2) is 0 Å². The molecule has 0 bridgehead atoms.